The molecule has 1 aliphatic carbocycles. The monoisotopic (exact) mass is 275 g/mol. The minimum atomic E-state index is 0.664. The molecular formula is C17H29N3. The van der Waals surface area contributed by atoms with Crippen molar-refractivity contribution in [1.29, 1.82) is 0 Å². The lowest BCUT2D eigenvalue weighted by atomic mass is 9.99. The standard InChI is InChI=1S/C15H23N3.C2H6/c1-10(2)9-14-12-5-7-16-8-6-13(12)17-15(18-14)11-3-4-11;1-2/h10-11,16H,3-9H2,1-2H3;1-2H3. The molecule has 0 bridgehead atoms. The first kappa shape index (κ1) is 15.4. The molecule has 3 rings (SSSR count). The maximum atomic E-state index is 4.89. The summed E-state index contributed by atoms with van der Waals surface area (Å²) in [6.45, 7) is 10.7. The van der Waals surface area contributed by atoms with Crippen LogP contribution >= 0.6 is 0 Å². The maximum Gasteiger partial charge on any atom is 0.131 e. The molecule has 0 amide bonds. The lowest BCUT2D eigenvalue weighted by Crippen LogP contribution is -2.16. The van der Waals surface area contributed by atoms with Gasteiger partial charge in [-0.3, -0.25) is 0 Å². The number of nitrogens with zero attached hydrogens (tertiary/aromatic N) is 2. The maximum absolute atomic E-state index is 4.89. The summed E-state index contributed by atoms with van der Waals surface area (Å²) in [6, 6.07) is 0. The van der Waals surface area contributed by atoms with Crippen molar-refractivity contribution in [3.63, 3.8) is 0 Å². The summed E-state index contributed by atoms with van der Waals surface area (Å²) in [5.74, 6) is 2.47. The molecule has 3 nitrogen and oxygen atoms in total. The Morgan fingerprint density at radius 2 is 1.80 bits per heavy atom. The highest BCUT2D eigenvalue weighted by Gasteiger charge is 2.28. The molecule has 112 valence electrons. The largest absolute Gasteiger partial charge is 0.316 e. The molecule has 0 spiro atoms. The smallest absolute Gasteiger partial charge is 0.131 e. The van der Waals surface area contributed by atoms with Crippen LogP contribution in [0.15, 0.2) is 0 Å². The highest BCUT2D eigenvalue weighted by atomic mass is 14.9. The summed E-state index contributed by atoms with van der Waals surface area (Å²) in [6.07, 6.45) is 5.85. The Balaban J connectivity index is 0.000000704. The van der Waals surface area contributed by atoms with Gasteiger partial charge in [0.1, 0.15) is 5.82 Å². The molecule has 1 fully saturated rings. The fraction of sp³-hybridized carbons (Fsp3) is 0.765. The quantitative estimate of drug-likeness (QED) is 0.920. The van der Waals surface area contributed by atoms with E-state index in [1.54, 1.807) is 0 Å². The Morgan fingerprint density at radius 1 is 1.10 bits per heavy atom. The summed E-state index contributed by atoms with van der Waals surface area (Å²) in [5.41, 5.74) is 4.10. The van der Waals surface area contributed by atoms with E-state index in [0.29, 0.717) is 11.8 Å². The lowest BCUT2D eigenvalue weighted by molar-refractivity contribution is 0.620. The van der Waals surface area contributed by atoms with E-state index in [4.69, 9.17) is 9.97 Å². The third kappa shape index (κ3) is 3.78. The van der Waals surface area contributed by atoms with Crippen LogP contribution in [0.5, 0.6) is 0 Å². The van der Waals surface area contributed by atoms with Crippen LogP contribution in [-0.2, 0) is 19.3 Å². The molecule has 1 N–H and O–H groups in total. The zero-order chi connectivity index (χ0) is 14.5. The number of rotatable bonds is 3. The fourth-order valence-corrected chi connectivity index (χ4v) is 2.72. The summed E-state index contributed by atoms with van der Waals surface area (Å²) >= 11 is 0. The Hall–Kier alpha value is -0.960. The van der Waals surface area contributed by atoms with Gasteiger partial charge in [0.05, 0.1) is 0 Å². The second-order valence-electron chi connectivity index (χ2n) is 6.08. The minimum Gasteiger partial charge on any atom is -0.316 e. The van der Waals surface area contributed by atoms with E-state index in [9.17, 15) is 0 Å². The zero-order valence-corrected chi connectivity index (χ0v) is 13.5. The van der Waals surface area contributed by atoms with E-state index in [1.165, 1.54) is 29.8 Å². The molecule has 0 radical (unpaired) electrons. The van der Waals surface area contributed by atoms with Crippen molar-refractivity contribution in [2.45, 2.75) is 65.7 Å². The highest BCUT2D eigenvalue weighted by Crippen LogP contribution is 2.38. The third-order valence-corrected chi connectivity index (χ3v) is 3.83. The van der Waals surface area contributed by atoms with Gasteiger partial charge >= 0.3 is 0 Å². The topological polar surface area (TPSA) is 37.8 Å². The Kier molecular flexibility index (Phi) is 5.53. The minimum absolute atomic E-state index is 0.664. The first-order valence-electron chi connectivity index (χ1n) is 8.33. The van der Waals surface area contributed by atoms with E-state index < -0.39 is 0 Å². The van der Waals surface area contributed by atoms with Gasteiger partial charge in [0.25, 0.3) is 0 Å². The van der Waals surface area contributed by atoms with Crippen LogP contribution in [0.2, 0.25) is 0 Å². The second-order valence-corrected chi connectivity index (χ2v) is 6.08. The van der Waals surface area contributed by atoms with Gasteiger partial charge in [-0.2, -0.15) is 0 Å². The molecule has 3 heteroatoms. The Morgan fingerprint density at radius 3 is 2.45 bits per heavy atom. The predicted octanol–water partition coefficient (Wildman–Crippen LogP) is 3.27. The Labute approximate surface area is 123 Å². The fourth-order valence-electron chi connectivity index (χ4n) is 2.72. The molecule has 20 heavy (non-hydrogen) atoms. The van der Waals surface area contributed by atoms with Gasteiger partial charge in [-0.1, -0.05) is 27.7 Å². The molecule has 0 unspecified atom stereocenters. The van der Waals surface area contributed by atoms with Crippen LogP contribution in [0.25, 0.3) is 0 Å². The molecule has 2 heterocycles. The first-order valence-corrected chi connectivity index (χ1v) is 8.33. The predicted molar refractivity (Wildman–Crippen MR) is 84.2 cm³/mol. The van der Waals surface area contributed by atoms with E-state index in [-0.39, 0.29) is 0 Å². The SMILES string of the molecule is CC.CC(C)Cc1nc(C2CC2)nc2c1CCNCC2. The van der Waals surface area contributed by atoms with Gasteiger partial charge in [0.15, 0.2) is 0 Å². The third-order valence-electron chi connectivity index (χ3n) is 3.83. The highest BCUT2D eigenvalue weighted by molar-refractivity contribution is 5.30. The van der Waals surface area contributed by atoms with Gasteiger partial charge < -0.3 is 5.32 Å². The summed E-state index contributed by atoms with van der Waals surface area (Å²) in [5, 5.41) is 3.47. The van der Waals surface area contributed by atoms with Gasteiger partial charge in [0, 0.05) is 30.3 Å². The molecule has 1 aliphatic heterocycles. The molecule has 0 atom stereocenters. The number of hydrogen-bond donors (Lipinski definition) is 1. The van der Waals surface area contributed by atoms with Gasteiger partial charge in [-0.15, -0.1) is 0 Å². The van der Waals surface area contributed by atoms with Gasteiger partial charge in [-0.25, -0.2) is 9.97 Å². The van der Waals surface area contributed by atoms with E-state index in [2.05, 4.69) is 19.2 Å². The van der Waals surface area contributed by atoms with E-state index in [0.717, 1.165) is 38.2 Å². The van der Waals surface area contributed by atoms with Crippen molar-refractivity contribution in [3.8, 4) is 0 Å². The second kappa shape index (κ2) is 7.16. The number of aromatic nitrogens is 2. The van der Waals surface area contributed by atoms with Crippen molar-refractivity contribution in [3.05, 3.63) is 22.8 Å². The average Bonchev–Trinajstić information content (AvgIpc) is 3.27. The van der Waals surface area contributed by atoms with Crippen LogP contribution < -0.4 is 5.32 Å². The van der Waals surface area contributed by atoms with Gasteiger partial charge in [0.2, 0.25) is 0 Å². The van der Waals surface area contributed by atoms with Crippen LogP contribution in [0.4, 0.5) is 0 Å². The molecule has 1 aromatic heterocycles. The van der Waals surface area contributed by atoms with Crippen molar-refractivity contribution in [2.24, 2.45) is 5.92 Å². The molecule has 1 aromatic rings. The number of hydrogen-bond acceptors (Lipinski definition) is 3. The van der Waals surface area contributed by atoms with Crippen molar-refractivity contribution in [2.75, 3.05) is 13.1 Å². The summed E-state index contributed by atoms with van der Waals surface area (Å²) in [4.78, 5) is 9.74. The van der Waals surface area contributed by atoms with E-state index in [1.807, 2.05) is 13.8 Å². The molecule has 0 saturated heterocycles. The summed E-state index contributed by atoms with van der Waals surface area (Å²) < 4.78 is 0. The average molecular weight is 275 g/mol. The molecule has 1 saturated carbocycles. The summed E-state index contributed by atoms with van der Waals surface area (Å²) in [7, 11) is 0. The number of fused-ring (bicyclic) bond motifs is 1. The van der Waals surface area contributed by atoms with Crippen LogP contribution in [-0.4, -0.2) is 23.1 Å². The van der Waals surface area contributed by atoms with Crippen molar-refractivity contribution < 1.29 is 0 Å². The molecule has 0 aromatic carbocycles. The van der Waals surface area contributed by atoms with Crippen molar-refractivity contribution in [1.82, 2.24) is 15.3 Å². The first-order chi connectivity index (χ1) is 9.74. The molecular weight excluding hydrogens is 246 g/mol. The number of nitrogens with one attached hydrogen (secondary N) is 1. The van der Waals surface area contributed by atoms with E-state index >= 15 is 0 Å². The normalized spacial score (nSPS) is 18.1. The lowest BCUT2D eigenvalue weighted by Gasteiger charge is -2.14. The van der Waals surface area contributed by atoms with Crippen molar-refractivity contribution >= 4 is 0 Å². The van der Waals surface area contributed by atoms with Crippen LogP contribution in [0.1, 0.15) is 69.2 Å². The van der Waals surface area contributed by atoms with Crippen LogP contribution in [0.3, 0.4) is 0 Å². The Bertz CT molecular complexity index is 436. The van der Waals surface area contributed by atoms with Crippen LogP contribution in [0, 0.1) is 5.92 Å². The molecule has 2 aliphatic rings. The zero-order valence-electron chi connectivity index (χ0n) is 13.5. The van der Waals surface area contributed by atoms with Gasteiger partial charge in [-0.05, 0) is 43.7 Å².